The molecule has 2 aliphatic carbocycles. The Balaban J connectivity index is 2.37. The van der Waals surface area contributed by atoms with E-state index in [1.807, 2.05) is 0 Å². The molecule has 2 fully saturated rings. The van der Waals surface area contributed by atoms with Crippen LogP contribution < -0.4 is 0 Å². The van der Waals surface area contributed by atoms with Gasteiger partial charge in [0.25, 0.3) is 0 Å². The molecule has 1 heteroatoms. The number of allylic oxidation sites excluding steroid dienone is 1. The quantitative estimate of drug-likeness (QED) is 0.465. The zero-order chi connectivity index (χ0) is 7.35. The Labute approximate surface area is 61.1 Å². The minimum absolute atomic E-state index is 0.0833. The van der Waals surface area contributed by atoms with E-state index < -0.39 is 0 Å². The predicted octanol–water partition coefficient (Wildman–Crippen LogP) is 1.93. The third-order valence-electron chi connectivity index (χ3n) is 3.34. The van der Waals surface area contributed by atoms with E-state index in [0.29, 0.717) is 11.7 Å². The maximum absolute atomic E-state index is 11.3. The van der Waals surface area contributed by atoms with E-state index in [2.05, 4.69) is 13.5 Å². The summed E-state index contributed by atoms with van der Waals surface area (Å²) in [6.45, 7) is 5.96. The van der Waals surface area contributed by atoms with Crippen molar-refractivity contribution in [3.05, 3.63) is 12.2 Å². The molecular weight excluding hydrogens is 124 g/mol. The first-order chi connectivity index (χ1) is 4.65. The second-order valence-corrected chi connectivity index (χ2v) is 3.67. The monoisotopic (exact) mass is 136 g/mol. The fourth-order valence-electron chi connectivity index (χ4n) is 2.25. The van der Waals surface area contributed by atoms with E-state index in [1.165, 1.54) is 5.57 Å². The summed E-state index contributed by atoms with van der Waals surface area (Å²) in [7, 11) is 0. The molecule has 0 saturated heterocycles. The van der Waals surface area contributed by atoms with E-state index in [9.17, 15) is 4.79 Å². The predicted molar refractivity (Wildman–Crippen MR) is 39.6 cm³/mol. The second kappa shape index (κ2) is 1.52. The van der Waals surface area contributed by atoms with Crippen LogP contribution in [-0.4, -0.2) is 5.78 Å². The SMILES string of the molecule is C=C1CC2CCC(=O)C12C. The standard InChI is InChI=1S/C9H12O/c1-6-5-7-3-4-8(10)9(6,7)2/h7H,1,3-5H2,2H3. The van der Waals surface area contributed by atoms with Crippen molar-refractivity contribution < 1.29 is 4.79 Å². The fraction of sp³-hybridized carbons (Fsp3) is 0.667. The van der Waals surface area contributed by atoms with E-state index in [0.717, 1.165) is 19.3 Å². The highest BCUT2D eigenvalue weighted by Crippen LogP contribution is 2.57. The van der Waals surface area contributed by atoms with Crippen molar-refractivity contribution in [1.82, 2.24) is 0 Å². The van der Waals surface area contributed by atoms with Crippen LogP contribution in [-0.2, 0) is 4.79 Å². The highest BCUT2D eigenvalue weighted by atomic mass is 16.1. The Morgan fingerprint density at radius 1 is 1.70 bits per heavy atom. The average molecular weight is 136 g/mol. The Kier molecular flexibility index (Phi) is 0.936. The number of carbonyl (C=O) groups excluding carboxylic acids is 1. The molecule has 2 aliphatic rings. The molecule has 2 saturated carbocycles. The molecule has 2 unspecified atom stereocenters. The van der Waals surface area contributed by atoms with Gasteiger partial charge < -0.3 is 0 Å². The van der Waals surface area contributed by atoms with Crippen LogP contribution in [0.2, 0.25) is 0 Å². The van der Waals surface area contributed by atoms with Crippen molar-refractivity contribution in [2.45, 2.75) is 26.2 Å². The largest absolute Gasteiger partial charge is 0.299 e. The molecule has 0 heterocycles. The first-order valence-electron chi connectivity index (χ1n) is 3.87. The van der Waals surface area contributed by atoms with E-state index >= 15 is 0 Å². The normalized spacial score (nSPS) is 45.1. The highest BCUT2D eigenvalue weighted by molar-refractivity contribution is 5.91. The maximum Gasteiger partial charge on any atom is 0.143 e. The third-order valence-corrected chi connectivity index (χ3v) is 3.34. The van der Waals surface area contributed by atoms with Crippen LogP contribution in [0.25, 0.3) is 0 Å². The van der Waals surface area contributed by atoms with Gasteiger partial charge in [0.1, 0.15) is 5.78 Å². The summed E-state index contributed by atoms with van der Waals surface area (Å²) in [5.74, 6) is 1.07. The van der Waals surface area contributed by atoms with Crippen molar-refractivity contribution in [3.63, 3.8) is 0 Å². The molecule has 0 amide bonds. The van der Waals surface area contributed by atoms with Crippen LogP contribution >= 0.6 is 0 Å². The van der Waals surface area contributed by atoms with Crippen LogP contribution in [0.3, 0.4) is 0 Å². The molecule has 0 bridgehead atoms. The van der Waals surface area contributed by atoms with Crippen molar-refractivity contribution in [3.8, 4) is 0 Å². The van der Waals surface area contributed by atoms with Crippen molar-refractivity contribution >= 4 is 5.78 Å². The average Bonchev–Trinajstić information content (AvgIpc) is 2.13. The number of Topliss-reactive ketones (excluding diaryl/α,β-unsaturated/α-hetero) is 1. The van der Waals surface area contributed by atoms with Crippen LogP contribution in [0.5, 0.6) is 0 Å². The summed E-state index contributed by atoms with van der Waals surface area (Å²) in [6.07, 6.45) is 3.00. The Hall–Kier alpha value is -0.590. The number of rotatable bonds is 0. The smallest absolute Gasteiger partial charge is 0.143 e. The number of carbonyl (C=O) groups is 1. The summed E-state index contributed by atoms with van der Waals surface area (Å²) < 4.78 is 0. The van der Waals surface area contributed by atoms with Gasteiger partial charge in [0.2, 0.25) is 0 Å². The molecule has 0 aromatic heterocycles. The second-order valence-electron chi connectivity index (χ2n) is 3.67. The van der Waals surface area contributed by atoms with Crippen LogP contribution in [0, 0.1) is 11.3 Å². The zero-order valence-electron chi connectivity index (χ0n) is 6.31. The lowest BCUT2D eigenvalue weighted by Gasteiger charge is -2.43. The molecule has 2 rings (SSSR count). The molecular formula is C9H12O. The molecule has 0 aromatic rings. The lowest BCUT2D eigenvalue weighted by Crippen LogP contribution is -2.40. The lowest BCUT2D eigenvalue weighted by molar-refractivity contribution is -0.126. The molecule has 1 nitrogen and oxygen atoms in total. The molecule has 0 aromatic carbocycles. The zero-order valence-corrected chi connectivity index (χ0v) is 6.31. The molecule has 0 aliphatic heterocycles. The first kappa shape index (κ1) is 6.14. The van der Waals surface area contributed by atoms with Gasteiger partial charge in [-0.25, -0.2) is 0 Å². The maximum atomic E-state index is 11.3. The van der Waals surface area contributed by atoms with Crippen molar-refractivity contribution in [1.29, 1.82) is 0 Å². The van der Waals surface area contributed by atoms with Crippen LogP contribution in [0.4, 0.5) is 0 Å². The summed E-state index contributed by atoms with van der Waals surface area (Å²) in [6, 6.07) is 0. The van der Waals surface area contributed by atoms with Gasteiger partial charge in [-0.2, -0.15) is 0 Å². The summed E-state index contributed by atoms with van der Waals surface area (Å²) >= 11 is 0. The van der Waals surface area contributed by atoms with Gasteiger partial charge >= 0.3 is 0 Å². The number of hydrogen-bond acceptors (Lipinski definition) is 1. The Morgan fingerprint density at radius 2 is 2.40 bits per heavy atom. The van der Waals surface area contributed by atoms with Crippen molar-refractivity contribution in [2.75, 3.05) is 0 Å². The fourth-order valence-corrected chi connectivity index (χ4v) is 2.25. The molecule has 10 heavy (non-hydrogen) atoms. The number of ketones is 1. The highest BCUT2D eigenvalue weighted by Gasteiger charge is 2.54. The summed E-state index contributed by atoms with van der Waals surface area (Å²) in [5, 5.41) is 0. The van der Waals surface area contributed by atoms with Gasteiger partial charge in [-0.15, -0.1) is 0 Å². The minimum Gasteiger partial charge on any atom is -0.299 e. The molecule has 0 radical (unpaired) electrons. The molecule has 0 N–H and O–H groups in total. The number of hydrogen-bond donors (Lipinski definition) is 0. The van der Waals surface area contributed by atoms with E-state index in [-0.39, 0.29) is 5.41 Å². The van der Waals surface area contributed by atoms with Gasteiger partial charge in [-0.1, -0.05) is 12.2 Å². The van der Waals surface area contributed by atoms with Crippen molar-refractivity contribution in [2.24, 2.45) is 11.3 Å². The topological polar surface area (TPSA) is 17.1 Å². The van der Waals surface area contributed by atoms with Gasteiger partial charge in [-0.05, 0) is 25.7 Å². The third kappa shape index (κ3) is 0.437. The summed E-state index contributed by atoms with van der Waals surface area (Å²) in [5.41, 5.74) is 1.08. The van der Waals surface area contributed by atoms with E-state index in [1.54, 1.807) is 0 Å². The lowest BCUT2D eigenvalue weighted by atomic mass is 9.60. The first-order valence-corrected chi connectivity index (χ1v) is 3.87. The number of fused-ring (bicyclic) bond motifs is 1. The molecule has 0 spiro atoms. The Bertz CT molecular complexity index is 217. The molecule has 2 atom stereocenters. The molecule has 54 valence electrons. The van der Waals surface area contributed by atoms with Crippen LogP contribution in [0.15, 0.2) is 12.2 Å². The van der Waals surface area contributed by atoms with Crippen LogP contribution in [0.1, 0.15) is 26.2 Å². The van der Waals surface area contributed by atoms with Gasteiger partial charge in [0.15, 0.2) is 0 Å². The Morgan fingerprint density at radius 3 is 2.80 bits per heavy atom. The minimum atomic E-state index is -0.0833. The van der Waals surface area contributed by atoms with Gasteiger partial charge in [-0.3, -0.25) is 4.79 Å². The van der Waals surface area contributed by atoms with Gasteiger partial charge in [0, 0.05) is 11.8 Å². The van der Waals surface area contributed by atoms with E-state index in [4.69, 9.17) is 0 Å². The summed E-state index contributed by atoms with van der Waals surface area (Å²) in [4.78, 5) is 11.3. The van der Waals surface area contributed by atoms with Gasteiger partial charge in [0.05, 0.1) is 0 Å².